The maximum atomic E-state index is 10.9. The van der Waals surface area contributed by atoms with Crippen LogP contribution in [0.15, 0.2) is 12.1 Å². The van der Waals surface area contributed by atoms with Crippen LogP contribution in [0.1, 0.15) is 111 Å². The predicted octanol–water partition coefficient (Wildman–Crippen LogP) is 7.70. The lowest BCUT2D eigenvalue weighted by molar-refractivity contribution is 0.353. The van der Waals surface area contributed by atoms with Gasteiger partial charge in [-0.3, -0.25) is 0 Å². The molecule has 2 nitrogen and oxygen atoms in total. The van der Waals surface area contributed by atoms with Crippen molar-refractivity contribution < 1.29 is 10.2 Å². The average Bonchev–Trinajstić information content (AvgIpc) is 2.55. The highest BCUT2D eigenvalue weighted by Crippen LogP contribution is 2.45. The molecule has 0 saturated carbocycles. The Bertz CT molecular complexity index is 586. The molecule has 0 aliphatic heterocycles. The number of phenolic OH excluding ortho intramolecular Hbond substituents is 2. The van der Waals surface area contributed by atoms with Crippen molar-refractivity contribution in [3.8, 4) is 11.5 Å². The molecular formula is C25H44O2. The minimum atomic E-state index is -0.144. The summed E-state index contributed by atoms with van der Waals surface area (Å²) in [7, 11) is 0. The second-order valence-electron chi connectivity index (χ2n) is 10.3. The quantitative estimate of drug-likeness (QED) is 0.388. The molecule has 156 valence electrons. The number of aromatic hydroxyl groups is 2. The minimum absolute atomic E-state index is 0.100. The smallest absolute Gasteiger partial charge is 0.119 e. The molecule has 1 unspecified atom stereocenters. The van der Waals surface area contributed by atoms with E-state index >= 15 is 0 Å². The van der Waals surface area contributed by atoms with Crippen molar-refractivity contribution in [3.05, 3.63) is 23.3 Å². The zero-order valence-electron chi connectivity index (χ0n) is 19.2. The number of hydrogen-bond donors (Lipinski definition) is 2. The van der Waals surface area contributed by atoms with E-state index in [1.165, 1.54) is 12.8 Å². The molecule has 1 aromatic carbocycles. The molecule has 0 aliphatic rings. The van der Waals surface area contributed by atoms with Gasteiger partial charge >= 0.3 is 0 Å². The van der Waals surface area contributed by atoms with Crippen molar-refractivity contribution in [2.24, 2.45) is 11.8 Å². The number of benzene rings is 1. The first kappa shape index (κ1) is 23.9. The molecule has 1 atom stereocenters. The normalized spacial score (nSPS) is 14.7. The van der Waals surface area contributed by atoms with Gasteiger partial charge in [0.15, 0.2) is 0 Å². The first-order valence-electron chi connectivity index (χ1n) is 11.0. The van der Waals surface area contributed by atoms with Crippen molar-refractivity contribution in [1.29, 1.82) is 0 Å². The molecule has 0 bridgehead atoms. The summed E-state index contributed by atoms with van der Waals surface area (Å²) >= 11 is 0. The highest BCUT2D eigenvalue weighted by atomic mass is 16.3. The molecular weight excluding hydrogens is 332 g/mol. The molecule has 2 N–H and O–H groups in total. The van der Waals surface area contributed by atoms with Crippen molar-refractivity contribution >= 4 is 0 Å². The number of phenols is 2. The molecule has 0 aliphatic carbocycles. The van der Waals surface area contributed by atoms with Gasteiger partial charge < -0.3 is 10.2 Å². The van der Waals surface area contributed by atoms with Gasteiger partial charge in [0.2, 0.25) is 0 Å². The summed E-state index contributed by atoms with van der Waals surface area (Å²) in [6, 6.07) is 3.67. The van der Waals surface area contributed by atoms with E-state index in [4.69, 9.17) is 0 Å². The van der Waals surface area contributed by atoms with Crippen LogP contribution in [0.25, 0.3) is 0 Å². The lowest BCUT2D eigenvalue weighted by Gasteiger charge is -2.32. The molecule has 1 rings (SSSR count). The van der Waals surface area contributed by atoms with Gasteiger partial charge in [-0.25, -0.2) is 0 Å². The van der Waals surface area contributed by atoms with Crippen molar-refractivity contribution in [1.82, 2.24) is 0 Å². The van der Waals surface area contributed by atoms with Gasteiger partial charge in [-0.05, 0) is 54.1 Å². The molecule has 0 heterocycles. The molecule has 0 fully saturated rings. The number of rotatable bonds is 11. The minimum Gasteiger partial charge on any atom is -0.508 e. The third-order valence-electron chi connectivity index (χ3n) is 6.37. The Kier molecular flexibility index (Phi) is 8.70. The summed E-state index contributed by atoms with van der Waals surface area (Å²) in [5, 5.41) is 21.7. The van der Waals surface area contributed by atoms with E-state index in [1.807, 2.05) is 12.1 Å². The van der Waals surface area contributed by atoms with E-state index in [-0.39, 0.29) is 10.8 Å². The van der Waals surface area contributed by atoms with Gasteiger partial charge in [-0.1, -0.05) is 81.1 Å². The van der Waals surface area contributed by atoms with Gasteiger partial charge in [0.05, 0.1) is 0 Å². The van der Waals surface area contributed by atoms with Crippen molar-refractivity contribution in [2.75, 3.05) is 0 Å². The van der Waals surface area contributed by atoms with E-state index in [0.29, 0.717) is 23.3 Å². The lowest BCUT2D eigenvalue weighted by Crippen LogP contribution is -2.23. The van der Waals surface area contributed by atoms with Crippen LogP contribution in [-0.2, 0) is 10.8 Å². The Balaban J connectivity index is 3.08. The van der Waals surface area contributed by atoms with Gasteiger partial charge in [0.1, 0.15) is 11.5 Å². The second-order valence-corrected chi connectivity index (χ2v) is 10.3. The fourth-order valence-corrected chi connectivity index (χ4v) is 4.09. The molecule has 1 aromatic rings. The summed E-state index contributed by atoms with van der Waals surface area (Å²) in [4.78, 5) is 0. The van der Waals surface area contributed by atoms with Crippen LogP contribution in [0.3, 0.4) is 0 Å². The maximum Gasteiger partial charge on any atom is 0.119 e. The third kappa shape index (κ3) is 6.73. The summed E-state index contributed by atoms with van der Waals surface area (Å²) in [5.74, 6) is 2.07. The zero-order valence-corrected chi connectivity index (χ0v) is 19.2. The van der Waals surface area contributed by atoms with E-state index < -0.39 is 0 Å². The van der Waals surface area contributed by atoms with Crippen molar-refractivity contribution in [3.63, 3.8) is 0 Å². The fraction of sp³-hybridized carbons (Fsp3) is 0.760. The van der Waals surface area contributed by atoms with E-state index in [9.17, 15) is 10.2 Å². The van der Waals surface area contributed by atoms with Gasteiger partial charge in [-0.2, -0.15) is 0 Å². The summed E-state index contributed by atoms with van der Waals surface area (Å²) < 4.78 is 0. The molecule has 0 spiro atoms. The SMILES string of the molecule is CCC(C)(CCCC(C)C)c1cc(O)c(C(C)(C)CCCC(C)C)cc1O. The van der Waals surface area contributed by atoms with E-state index in [2.05, 4.69) is 55.4 Å². The van der Waals surface area contributed by atoms with Crippen LogP contribution in [0.4, 0.5) is 0 Å². The largest absolute Gasteiger partial charge is 0.508 e. The molecule has 2 heteroatoms. The van der Waals surface area contributed by atoms with Gasteiger partial charge in [0.25, 0.3) is 0 Å². The highest BCUT2D eigenvalue weighted by Gasteiger charge is 2.31. The van der Waals surface area contributed by atoms with Crippen LogP contribution >= 0.6 is 0 Å². The van der Waals surface area contributed by atoms with Crippen LogP contribution in [0.5, 0.6) is 11.5 Å². The van der Waals surface area contributed by atoms with Crippen LogP contribution in [0, 0.1) is 11.8 Å². The third-order valence-corrected chi connectivity index (χ3v) is 6.37. The van der Waals surface area contributed by atoms with E-state index in [0.717, 1.165) is 43.2 Å². The Morgan fingerprint density at radius 1 is 0.778 bits per heavy atom. The van der Waals surface area contributed by atoms with Crippen molar-refractivity contribution in [2.45, 2.75) is 111 Å². The molecule has 27 heavy (non-hydrogen) atoms. The van der Waals surface area contributed by atoms with Crippen LogP contribution < -0.4 is 0 Å². The van der Waals surface area contributed by atoms with Gasteiger partial charge in [0, 0.05) is 11.1 Å². The molecule has 0 saturated heterocycles. The average molecular weight is 377 g/mol. The standard InChI is InChI=1S/C25H44O2/c1-9-25(8,15-11-13-19(4)5)21-17-22(26)20(16-23(21)27)24(6,7)14-10-12-18(2)3/h16-19,26-27H,9-15H2,1-8H3. The van der Waals surface area contributed by atoms with Gasteiger partial charge in [-0.15, -0.1) is 0 Å². The molecule has 0 radical (unpaired) electrons. The summed E-state index contributed by atoms with van der Waals surface area (Å²) in [6.07, 6.45) is 7.67. The first-order chi connectivity index (χ1) is 12.4. The Morgan fingerprint density at radius 2 is 1.22 bits per heavy atom. The predicted molar refractivity (Wildman–Crippen MR) is 118 cm³/mol. The Morgan fingerprint density at radius 3 is 1.70 bits per heavy atom. The summed E-state index contributed by atoms with van der Waals surface area (Å²) in [6.45, 7) is 17.7. The number of hydrogen-bond acceptors (Lipinski definition) is 2. The van der Waals surface area contributed by atoms with Crippen LogP contribution in [0.2, 0.25) is 0 Å². The van der Waals surface area contributed by atoms with Crippen LogP contribution in [-0.4, -0.2) is 10.2 Å². The Hall–Kier alpha value is -1.18. The summed E-state index contributed by atoms with van der Waals surface area (Å²) in [5.41, 5.74) is 1.52. The zero-order chi connectivity index (χ0) is 20.8. The topological polar surface area (TPSA) is 40.5 Å². The van der Waals surface area contributed by atoms with E-state index in [1.54, 1.807) is 0 Å². The monoisotopic (exact) mass is 376 g/mol. The maximum absolute atomic E-state index is 10.9. The highest BCUT2D eigenvalue weighted by molar-refractivity contribution is 5.51. The Labute approximate surface area is 168 Å². The molecule has 0 aromatic heterocycles. The fourth-order valence-electron chi connectivity index (χ4n) is 4.09. The molecule has 0 amide bonds. The second kappa shape index (κ2) is 9.85. The first-order valence-corrected chi connectivity index (χ1v) is 11.0. The lowest BCUT2D eigenvalue weighted by atomic mass is 9.73.